The molecular weight excluding hydrogens is 307 g/mol. The Balaban J connectivity index is 2.20. The summed E-state index contributed by atoms with van der Waals surface area (Å²) in [7, 11) is 0. The third kappa shape index (κ3) is 2.11. The number of carbonyl (C=O) groups is 1. The summed E-state index contributed by atoms with van der Waals surface area (Å²) in [6.07, 6.45) is 7.29. The largest absolute Gasteiger partial charge is 0.324 e. The number of hydrogen-bond donors (Lipinski definition) is 2. The number of allylic oxidation sites excluding steroid dienone is 3. The molecule has 0 spiro atoms. The maximum atomic E-state index is 12.8. The van der Waals surface area contributed by atoms with Crippen molar-refractivity contribution in [1.82, 2.24) is 5.32 Å². The number of carbonyl (C=O) groups excluding carboxylic acids is 1. The summed E-state index contributed by atoms with van der Waals surface area (Å²) in [5.41, 5.74) is 0.721. The normalized spacial score (nSPS) is 29.3. The average Bonchev–Trinajstić information content (AvgIpc) is 2.72. The molecule has 2 unspecified atom stereocenters. The number of benzene rings is 1. The molecular formula is C16H16Cl2N2O. The topological polar surface area (TPSA) is 41.1 Å². The second kappa shape index (κ2) is 5.16. The third-order valence-electron chi connectivity index (χ3n) is 4.03. The molecule has 2 aliphatic rings. The second-order valence-corrected chi connectivity index (χ2v) is 6.68. The lowest BCUT2D eigenvalue weighted by molar-refractivity contribution is -0.123. The van der Waals surface area contributed by atoms with Gasteiger partial charge in [0, 0.05) is 17.2 Å². The molecule has 1 amide bonds. The van der Waals surface area contributed by atoms with Gasteiger partial charge in [0.2, 0.25) is 5.91 Å². The highest BCUT2D eigenvalue weighted by molar-refractivity contribution is 6.50. The molecule has 0 saturated carbocycles. The molecule has 0 bridgehead atoms. The Bertz CT molecular complexity index is 639. The first kappa shape index (κ1) is 14.6. The van der Waals surface area contributed by atoms with E-state index in [1.54, 1.807) is 12.2 Å². The molecule has 5 heteroatoms. The van der Waals surface area contributed by atoms with Gasteiger partial charge in [-0.3, -0.25) is 10.1 Å². The van der Waals surface area contributed by atoms with E-state index in [1.807, 2.05) is 43.3 Å². The van der Waals surface area contributed by atoms with E-state index in [9.17, 15) is 4.79 Å². The molecule has 1 aromatic rings. The zero-order chi connectivity index (χ0) is 15.1. The minimum atomic E-state index is -1.15. The van der Waals surface area contributed by atoms with Gasteiger partial charge in [-0.2, -0.15) is 0 Å². The number of alkyl halides is 2. The quantitative estimate of drug-likeness (QED) is 0.838. The summed E-state index contributed by atoms with van der Waals surface area (Å²) in [5.74, 6) is -0.525. The van der Waals surface area contributed by atoms with Gasteiger partial charge in [0.25, 0.3) is 0 Å². The van der Waals surface area contributed by atoms with E-state index in [0.717, 1.165) is 11.3 Å². The van der Waals surface area contributed by atoms with Gasteiger partial charge in [-0.05, 0) is 18.7 Å². The van der Waals surface area contributed by atoms with E-state index in [1.165, 1.54) is 0 Å². The molecule has 1 aromatic carbocycles. The van der Waals surface area contributed by atoms with Crippen LogP contribution in [-0.2, 0) is 10.3 Å². The van der Waals surface area contributed by atoms with Crippen LogP contribution in [0.1, 0.15) is 12.5 Å². The van der Waals surface area contributed by atoms with Crippen molar-refractivity contribution in [3.8, 4) is 0 Å². The third-order valence-corrected chi connectivity index (χ3v) is 4.75. The molecule has 21 heavy (non-hydrogen) atoms. The van der Waals surface area contributed by atoms with Crippen LogP contribution in [0.2, 0.25) is 0 Å². The number of hydrogen-bond acceptors (Lipinski definition) is 2. The predicted octanol–water partition coefficient (Wildman–Crippen LogP) is 3.36. The number of nitrogens with one attached hydrogen (secondary N) is 2. The van der Waals surface area contributed by atoms with Crippen LogP contribution in [0.5, 0.6) is 0 Å². The lowest BCUT2D eigenvalue weighted by Crippen LogP contribution is -2.57. The lowest BCUT2D eigenvalue weighted by Gasteiger charge is -2.41. The van der Waals surface area contributed by atoms with Gasteiger partial charge >= 0.3 is 0 Å². The number of para-hydroxylation sites is 1. The van der Waals surface area contributed by atoms with E-state index in [2.05, 4.69) is 10.6 Å². The number of anilines is 1. The van der Waals surface area contributed by atoms with Crippen molar-refractivity contribution in [3.05, 3.63) is 54.1 Å². The zero-order valence-corrected chi connectivity index (χ0v) is 13.1. The minimum absolute atomic E-state index is 0.124. The average molecular weight is 323 g/mol. The van der Waals surface area contributed by atoms with Gasteiger partial charge < -0.3 is 5.32 Å². The summed E-state index contributed by atoms with van der Waals surface area (Å²) < 4.78 is -1.15. The van der Waals surface area contributed by atoms with Gasteiger partial charge in [-0.1, -0.05) is 66.6 Å². The van der Waals surface area contributed by atoms with E-state index in [-0.39, 0.29) is 5.91 Å². The van der Waals surface area contributed by atoms with E-state index >= 15 is 0 Å². The molecule has 1 aliphatic heterocycles. The summed E-state index contributed by atoms with van der Waals surface area (Å²) in [5, 5.41) is 6.25. The van der Waals surface area contributed by atoms with Gasteiger partial charge in [-0.25, -0.2) is 0 Å². The number of rotatable bonds is 3. The first-order chi connectivity index (χ1) is 10.0. The van der Waals surface area contributed by atoms with Crippen LogP contribution in [-0.4, -0.2) is 16.8 Å². The highest BCUT2D eigenvalue weighted by Crippen LogP contribution is 2.50. The van der Waals surface area contributed by atoms with Crippen LogP contribution in [0.3, 0.4) is 0 Å². The molecule has 1 aliphatic carbocycles. The van der Waals surface area contributed by atoms with Crippen molar-refractivity contribution in [3.63, 3.8) is 0 Å². The SMILES string of the molecule is CCNC1(C2C=CC=CC2(Cl)Cl)C(=O)Nc2ccccc21. The summed E-state index contributed by atoms with van der Waals surface area (Å²) in [6.45, 7) is 2.59. The summed E-state index contributed by atoms with van der Waals surface area (Å²) >= 11 is 13.0. The molecule has 0 saturated heterocycles. The number of amides is 1. The molecule has 0 aromatic heterocycles. The van der Waals surface area contributed by atoms with Crippen molar-refractivity contribution in [2.24, 2.45) is 5.92 Å². The lowest BCUT2D eigenvalue weighted by atomic mass is 9.75. The maximum absolute atomic E-state index is 12.8. The van der Waals surface area contributed by atoms with Crippen molar-refractivity contribution < 1.29 is 4.79 Å². The Kier molecular flexibility index (Phi) is 3.60. The van der Waals surface area contributed by atoms with Gasteiger partial charge in [0.15, 0.2) is 0 Å². The fraction of sp³-hybridized carbons (Fsp3) is 0.312. The predicted molar refractivity (Wildman–Crippen MR) is 86.6 cm³/mol. The molecule has 3 nitrogen and oxygen atoms in total. The van der Waals surface area contributed by atoms with Crippen LogP contribution < -0.4 is 10.6 Å². The van der Waals surface area contributed by atoms with Gasteiger partial charge in [0.05, 0.1) is 0 Å². The summed E-state index contributed by atoms with van der Waals surface area (Å²) in [4.78, 5) is 12.8. The van der Waals surface area contributed by atoms with Gasteiger partial charge in [0.1, 0.15) is 9.87 Å². The van der Waals surface area contributed by atoms with Crippen molar-refractivity contribution in [2.75, 3.05) is 11.9 Å². The monoisotopic (exact) mass is 322 g/mol. The molecule has 1 heterocycles. The number of halogens is 2. The van der Waals surface area contributed by atoms with Crippen molar-refractivity contribution in [1.29, 1.82) is 0 Å². The van der Waals surface area contributed by atoms with Crippen LogP contribution in [0, 0.1) is 5.92 Å². The Morgan fingerprint density at radius 2 is 2.05 bits per heavy atom. The molecule has 0 radical (unpaired) electrons. The zero-order valence-electron chi connectivity index (χ0n) is 11.6. The van der Waals surface area contributed by atoms with Crippen LogP contribution in [0.4, 0.5) is 5.69 Å². The molecule has 0 fully saturated rings. The second-order valence-electron chi connectivity index (χ2n) is 5.23. The fourth-order valence-corrected chi connectivity index (χ4v) is 3.79. The van der Waals surface area contributed by atoms with E-state index < -0.39 is 15.8 Å². The first-order valence-electron chi connectivity index (χ1n) is 6.92. The van der Waals surface area contributed by atoms with Gasteiger partial charge in [-0.15, -0.1) is 0 Å². The van der Waals surface area contributed by atoms with Crippen LogP contribution >= 0.6 is 23.2 Å². The Morgan fingerprint density at radius 1 is 1.29 bits per heavy atom. The standard InChI is InChI=1S/C16H16Cl2N2O/c1-2-19-16(13-9-5-6-10-15(13,17)18)11-7-3-4-8-12(11)20-14(16)21/h3-10,13,19H,2H2,1H3,(H,20,21). The highest BCUT2D eigenvalue weighted by Gasteiger charge is 2.57. The Morgan fingerprint density at radius 3 is 2.76 bits per heavy atom. The molecule has 3 rings (SSSR count). The molecule has 2 atom stereocenters. The minimum Gasteiger partial charge on any atom is -0.324 e. The molecule has 110 valence electrons. The fourth-order valence-electron chi connectivity index (χ4n) is 3.18. The van der Waals surface area contributed by atoms with Crippen molar-refractivity contribution >= 4 is 34.8 Å². The Hall–Kier alpha value is -1.29. The smallest absolute Gasteiger partial charge is 0.250 e. The first-order valence-corrected chi connectivity index (χ1v) is 7.68. The van der Waals surface area contributed by atoms with E-state index in [4.69, 9.17) is 23.2 Å². The van der Waals surface area contributed by atoms with Crippen LogP contribution in [0.15, 0.2) is 48.6 Å². The van der Waals surface area contributed by atoms with Crippen molar-refractivity contribution in [2.45, 2.75) is 16.8 Å². The molecule has 2 N–H and O–H groups in total. The van der Waals surface area contributed by atoms with E-state index in [0.29, 0.717) is 6.54 Å². The highest BCUT2D eigenvalue weighted by atomic mass is 35.5. The van der Waals surface area contributed by atoms with Crippen LogP contribution in [0.25, 0.3) is 0 Å². The number of likely N-dealkylation sites (N-methyl/N-ethyl adjacent to an activating group) is 1. The Labute approximate surface area is 134 Å². The number of fused-ring (bicyclic) bond motifs is 1. The summed E-state index contributed by atoms with van der Waals surface area (Å²) in [6, 6.07) is 7.63. The maximum Gasteiger partial charge on any atom is 0.250 e.